The van der Waals surface area contributed by atoms with Crippen molar-refractivity contribution in [2.45, 2.75) is 38.1 Å². The summed E-state index contributed by atoms with van der Waals surface area (Å²) in [6.45, 7) is 5.87. The molecule has 3 aromatic carbocycles. The molecule has 0 unspecified atom stereocenters. The third-order valence-corrected chi connectivity index (χ3v) is 6.74. The topological polar surface area (TPSA) is 75.3 Å². The second kappa shape index (κ2) is 9.54. The third-order valence-electron chi connectivity index (χ3n) is 5.03. The van der Waals surface area contributed by atoms with Gasteiger partial charge < -0.3 is 5.32 Å². The Kier molecular flexibility index (Phi) is 7.03. The number of hydrogen-bond donors (Lipinski definition) is 2. The molecule has 0 fully saturated rings. The molecule has 0 aromatic heterocycles. The smallest absolute Gasteiger partial charge is 0.261 e. The fourth-order valence-corrected chi connectivity index (χ4v) is 4.41. The Morgan fingerprint density at radius 2 is 1.65 bits per heavy atom. The Balaban J connectivity index is 1.72. The van der Waals surface area contributed by atoms with E-state index >= 15 is 0 Å². The van der Waals surface area contributed by atoms with Crippen LogP contribution in [-0.2, 0) is 16.4 Å². The van der Waals surface area contributed by atoms with E-state index in [4.69, 9.17) is 11.6 Å². The van der Waals surface area contributed by atoms with E-state index in [0.717, 1.165) is 17.5 Å². The number of carbonyl (C=O) groups excluding carboxylic acids is 1. The molecule has 3 aromatic rings. The first-order valence-electron chi connectivity index (χ1n) is 9.98. The van der Waals surface area contributed by atoms with Gasteiger partial charge in [0, 0.05) is 0 Å². The van der Waals surface area contributed by atoms with Crippen LogP contribution in [0.2, 0.25) is 5.02 Å². The standard InChI is InChI=1S/C24H25ClN2O3S/c1-4-18-7-9-19(10-8-18)17(3)26-24(28)22-14-11-20(15-23(22)25)27-31(29,30)21-12-5-16(2)6-13-21/h5-15,17,27H,4H2,1-3H3,(H,26,28)/t17-/m1/s1. The van der Waals surface area contributed by atoms with Crippen molar-refractivity contribution in [2.24, 2.45) is 0 Å². The molecule has 1 amide bonds. The number of carbonyl (C=O) groups is 1. The summed E-state index contributed by atoms with van der Waals surface area (Å²) < 4.78 is 27.6. The van der Waals surface area contributed by atoms with Crippen molar-refractivity contribution < 1.29 is 13.2 Å². The van der Waals surface area contributed by atoms with Gasteiger partial charge in [0.05, 0.1) is 27.2 Å². The van der Waals surface area contributed by atoms with Crippen molar-refractivity contribution in [1.29, 1.82) is 0 Å². The lowest BCUT2D eigenvalue weighted by Gasteiger charge is -2.16. The highest BCUT2D eigenvalue weighted by molar-refractivity contribution is 7.92. The predicted molar refractivity (Wildman–Crippen MR) is 125 cm³/mol. The van der Waals surface area contributed by atoms with Gasteiger partial charge in [0.1, 0.15) is 0 Å². The number of rotatable bonds is 7. The van der Waals surface area contributed by atoms with Crippen LogP contribution in [0.1, 0.15) is 46.9 Å². The number of nitrogens with one attached hydrogen (secondary N) is 2. The van der Waals surface area contributed by atoms with E-state index < -0.39 is 10.0 Å². The summed E-state index contributed by atoms with van der Waals surface area (Å²) in [5.74, 6) is -0.329. The van der Waals surface area contributed by atoms with Gasteiger partial charge >= 0.3 is 0 Å². The maximum absolute atomic E-state index is 12.7. The van der Waals surface area contributed by atoms with E-state index in [2.05, 4.69) is 17.0 Å². The van der Waals surface area contributed by atoms with Crippen LogP contribution in [0.5, 0.6) is 0 Å². The van der Waals surface area contributed by atoms with Crippen molar-refractivity contribution in [2.75, 3.05) is 4.72 Å². The lowest BCUT2D eigenvalue weighted by molar-refractivity contribution is 0.0940. The molecule has 0 saturated carbocycles. The largest absolute Gasteiger partial charge is 0.345 e. The molecule has 0 bridgehead atoms. The number of anilines is 1. The minimum absolute atomic E-state index is 0.152. The average Bonchev–Trinajstić information content (AvgIpc) is 2.73. The minimum Gasteiger partial charge on any atom is -0.345 e. The van der Waals surface area contributed by atoms with E-state index in [1.807, 2.05) is 38.1 Å². The molecule has 31 heavy (non-hydrogen) atoms. The lowest BCUT2D eigenvalue weighted by atomic mass is 10.0. The molecule has 0 aliphatic rings. The molecule has 0 aliphatic heterocycles. The van der Waals surface area contributed by atoms with E-state index in [1.165, 1.54) is 35.9 Å². The van der Waals surface area contributed by atoms with Gasteiger partial charge in [0.25, 0.3) is 15.9 Å². The Bertz CT molecular complexity index is 1170. The zero-order chi connectivity index (χ0) is 22.6. The molecule has 0 heterocycles. The third kappa shape index (κ3) is 5.66. The van der Waals surface area contributed by atoms with Crippen molar-refractivity contribution in [3.63, 3.8) is 0 Å². The maximum atomic E-state index is 12.7. The number of halogens is 1. The van der Waals surface area contributed by atoms with Gasteiger partial charge in [-0.2, -0.15) is 0 Å². The maximum Gasteiger partial charge on any atom is 0.261 e. The molecule has 162 valence electrons. The lowest BCUT2D eigenvalue weighted by Crippen LogP contribution is -2.27. The number of amides is 1. The van der Waals surface area contributed by atoms with Crippen LogP contribution in [-0.4, -0.2) is 14.3 Å². The van der Waals surface area contributed by atoms with Crippen LogP contribution in [0, 0.1) is 6.92 Å². The van der Waals surface area contributed by atoms with Crippen molar-refractivity contribution in [1.82, 2.24) is 5.32 Å². The molecule has 1 atom stereocenters. The monoisotopic (exact) mass is 456 g/mol. The number of sulfonamides is 1. The number of benzene rings is 3. The van der Waals surface area contributed by atoms with Gasteiger partial charge in [-0.1, -0.05) is 60.5 Å². The van der Waals surface area contributed by atoms with Crippen LogP contribution in [0.4, 0.5) is 5.69 Å². The minimum atomic E-state index is -3.75. The molecule has 0 radical (unpaired) electrons. The van der Waals surface area contributed by atoms with Crippen LogP contribution in [0.3, 0.4) is 0 Å². The van der Waals surface area contributed by atoms with Gasteiger partial charge in [-0.15, -0.1) is 0 Å². The fraction of sp³-hybridized carbons (Fsp3) is 0.208. The second-order valence-electron chi connectivity index (χ2n) is 7.40. The van der Waals surface area contributed by atoms with Gasteiger partial charge in [-0.3, -0.25) is 9.52 Å². The summed E-state index contributed by atoms with van der Waals surface area (Å²) >= 11 is 6.29. The molecule has 0 saturated heterocycles. The molecule has 0 spiro atoms. The Morgan fingerprint density at radius 1 is 1.00 bits per heavy atom. The van der Waals surface area contributed by atoms with E-state index in [1.54, 1.807) is 12.1 Å². The van der Waals surface area contributed by atoms with E-state index in [0.29, 0.717) is 0 Å². The molecule has 2 N–H and O–H groups in total. The van der Waals surface area contributed by atoms with Crippen LogP contribution in [0.15, 0.2) is 71.6 Å². The summed E-state index contributed by atoms with van der Waals surface area (Å²) in [4.78, 5) is 12.8. The number of hydrogen-bond acceptors (Lipinski definition) is 3. The van der Waals surface area contributed by atoms with Crippen LogP contribution in [0.25, 0.3) is 0 Å². The Hall–Kier alpha value is -2.83. The highest BCUT2D eigenvalue weighted by Crippen LogP contribution is 2.24. The molecular weight excluding hydrogens is 432 g/mol. The van der Waals surface area contributed by atoms with Gasteiger partial charge in [0.2, 0.25) is 0 Å². The van der Waals surface area contributed by atoms with Gasteiger partial charge in [-0.25, -0.2) is 8.42 Å². The SMILES string of the molecule is CCc1ccc([C@@H](C)NC(=O)c2ccc(NS(=O)(=O)c3ccc(C)cc3)cc2Cl)cc1. The first-order valence-corrected chi connectivity index (χ1v) is 11.8. The van der Waals surface area contributed by atoms with Crippen molar-refractivity contribution >= 4 is 33.2 Å². The second-order valence-corrected chi connectivity index (χ2v) is 9.49. The first kappa shape index (κ1) is 22.8. The van der Waals surface area contributed by atoms with Crippen molar-refractivity contribution in [3.05, 3.63) is 94.0 Å². The summed E-state index contributed by atoms with van der Waals surface area (Å²) in [6, 6.07) is 18.9. The normalized spacial score (nSPS) is 12.3. The zero-order valence-electron chi connectivity index (χ0n) is 17.6. The van der Waals surface area contributed by atoms with Gasteiger partial charge in [-0.05, 0) is 61.7 Å². The molecule has 3 rings (SSSR count). The molecule has 7 heteroatoms. The highest BCUT2D eigenvalue weighted by atomic mass is 35.5. The molecular formula is C24H25ClN2O3S. The molecule has 5 nitrogen and oxygen atoms in total. The van der Waals surface area contributed by atoms with E-state index in [-0.39, 0.29) is 33.1 Å². The summed E-state index contributed by atoms with van der Waals surface area (Å²) in [6.07, 6.45) is 0.955. The summed E-state index contributed by atoms with van der Waals surface area (Å²) in [5, 5.41) is 3.09. The summed E-state index contributed by atoms with van der Waals surface area (Å²) in [5.41, 5.74) is 3.74. The quantitative estimate of drug-likeness (QED) is 0.492. The highest BCUT2D eigenvalue weighted by Gasteiger charge is 2.18. The molecule has 0 aliphatic carbocycles. The van der Waals surface area contributed by atoms with Crippen LogP contribution >= 0.6 is 11.6 Å². The first-order chi connectivity index (χ1) is 14.7. The van der Waals surface area contributed by atoms with Crippen molar-refractivity contribution in [3.8, 4) is 0 Å². The zero-order valence-corrected chi connectivity index (χ0v) is 19.2. The predicted octanol–water partition coefficient (Wildman–Crippen LogP) is 5.50. The van der Waals surface area contributed by atoms with Crippen LogP contribution < -0.4 is 10.0 Å². The van der Waals surface area contributed by atoms with E-state index in [9.17, 15) is 13.2 Å². The Morgan fingerprint density at radius 3 is 2.23 bits per heavy atom. The average molecular weight is 457 g/mol. The fourth-order valence-electron chi connectivity index (χ4n) is 3.09. The summed E-state index contributed by atoms with van der Waals surface area (Å²) in [7, 11) is -3.75. The number of aryl methyl sites for hydroxylation is 2. The van der Waals surface area contributed by atoms with Gasteiger partial charge in [0.15, 0.2) is 0 Å². The Labute approximate surface area is 188 Å².